The molecule has 5 nitrogen and oxygen atoms in total. The van der Waals surface area contributed by atoms with Crippen LogP contribution in [0.15, 0.2) is 36.4 Å². The molecule has 1 amide bonds. The van der Waals surface area contributed by atoms with E-state index in [0.717, 1.165) is 42.6 Å². The van der Waals surface area contributed by atoms with Gasteiger partial charge in [0.05, 0.1) is 12.6 Å². The Balaban J connectivity index is 1.56. The number of likely N-dealkylation sites (tertiary alicyclic amines) is 1. The zero-order valence-corrected chi connectivity index (χ0v) is 22.1. The third-order valence-electron chi connectivity index (χ3n) is 6.30. The topological polar surface area (TPSA) is 51.7 Å². The molecule has 0 N–H and O–H groups in total. The van der Waals surface area contributed by atoms with E-state index in [1.54, 1.807) is 17.0 Å². The highest BCUT2D eigenvalue weighted by atomic mass is 19.1. The highest BCUT2D eigenvalue weighted by molar-refractivity contribution is 5.68. The van der Waals surface area contributed by atoms with Crippen molar-refractivity contribution in [1.82, 2.24) is 9.88 Å². The van der Waals surface area contributed by atoms with Crippen LogP contribution in [0, 0.1) is 31.5 Å². The molecular formula is C29H41FN2O3. The molecule has 3 rings (SSSR count). The fourth-order valence-corrected chi connectivity index (χ4v) is 4.83. The first-order chi connectivity index (χ1) is 16.5. The van der Waals surface area contributed by atoms with Crippen LogP contribution in [0.2, 0.25) is 0 Å². The van der Waals surface area contributed by atoms with E-state index in [0.29, 0.717) is 25.6 Å². The van der Waals surface area contributed by atoms with E-state index >= 15 is 0 Å². The number of hydrogen-bond acceptors (Lipinski definition) is 4. The van der Waals surface area contributed by atoms with Gasteiger partial charge in [0.25, 0.3) is 0 Å². The highest BCUT2D eigenvalue weighted by Crippen LogP contribution is 2.26. The van der Waals surface area contributed by atoms with E-state index in [2.05, 4.69) is 26.0 Å². The summed E-state index contributed by atoms with van der Waals surface area (Å²) >= 11 is 0. The Morgan fingerprint density at radius 3 is 2.66 bits per heavy atom. The summed E-state index contributed by atoms with van der Waals surface area (Å²) in [6.07, 6.45) is 3.21. The van der Waals surface area contributed by atoms with Crippen molar-refractivity contribution in [2.75, 3.05) is 19.7 Å². The fraction of sp³-hybridized carbons (Fsp3) is 0.586. The predicted octanol–water partition coefficient (Wildman–Crippen LogP) is 6.29. The molecule has 0 spiro atoms. The van der Waals surface area contributed by atoms with E-state index in [1.165, 1.54) is 11.6 Å². The maximum atomic E-state index is 13.5. The van der Waals surface area contributed by atoms with Crippen LogP contribution in [0.25, 0.3) is 0 Å². The molecule has 0 radical (unpaired) electrons. The van der Waals surface area contributed by atoms with Gasteiger partial charge in [-0.25, -0.2) is 9.18 Å². The monoisotopic (exact) mass is 484 g/mol. The Kier molecular flexibility index (Phi) is 9.28. The Morgan fingerprint density at radius 2 is 1.97 bits per heavy atom. The smallest absolute Gasteiger partial charge is 0.410 e. The lowest BCUT2D eigenvalue weighted by atomic mass is 9.96. The number of nitrogens with zero attached hydrogens (tertiary/aromatic N) is 2. The lowest BCUT2D eigenvalue weighted by molar-refractivity contribution is 0.0166. The number of halogens is 1. The highest BCUT2D eigenvalue weighted by Gasteiger charge is 2.38. The van der Waals surface area contributed by atoms with Crippen LogP contribution >= 0.6 is 0 Å². The number of carbonyl (C=O) groups is 1. The normalized spacial score (nSPS) is 19.1. The third kappa shape index (κ3) is 8.92. The minimum atomic E-state index is -0.529. The van der Waals surface area contributed by atoms with Crippen molar-refractivity contribution in [3.05, 3.63) is 64.7 Å². The molecule has 1 aromatic heterocycles. The fourth-order valence-electron chi connectivity index (χ4n) is 4.83. The van der Waals surface area contributed by atoms with Gasteiger partial charge in [-0.2, -0.15) is 0 Å². The summed E-state index contributed by atoms with van der Waals surface area (Å²) in [5.74, 6) is 0.427. The Labute approximate surface area is 210 Å². The van der Waals surface area contributed by atoms with Gasteiger partial charge in [0.15, 0.2) is 0 Å². The molecule has 1 saturated heterocycles. The number of carbonyl (C=O) groups excluding carboxylic acids is 1. The Morgan fingerprint density at radius 1 is 1.20 bits per heavy atom. The number of pyridine rings is 1. The first-order valence-corrected chi connectivity index (χ1v) is 12.8. The Bertz CT molecular complexity index is 968. The SMILES string of the molecule is Cc1cc(C)nc(C[C@@H]2CN(C(=O)OC(C)(C)C)C[C@@H]2OCCCC(C)Cc2cccc(F)c2)c1. The van der Waals surface area contributed by atoms with Gasteiger partial charge in [-0.15, -0.1) is 0 Å². The Hall–Kier alpha value is -2.47. The van der Waals surface area contributed by atoms with Crippen molar-refractivity contribution in [3.8, 4) is 0 Å². The predicted molar refractivity (Wildman–Crippen MR) is 137 cm³/mol. The van der Waals surface area contributed by atoms with Gasteiger partial charge in [-0.05, 0) is 102 Å². The van der Waals surface area contributed by atoms with Crippen LogP contribution in [0.3, 0.4) is 0 Å². The second-order valence-corrected chi connectivity index (χ2v) is 11.1. The van der Waals surface area contributed by atoms with E-state index in [-0.39, 0.29) is 23.9 Å². The van der Waals surface area contributed by atoms with Crippen molar-refractivity contribution in [1.29, 1.82) is 0 Å². The maximum absolute atomic E-state index is 13.5. The summed E-state index contributed by atoms with van der Waals surface area (Å²) in [6, 6.07) is 11.0. The molecule has 2 aromatic rings. The van der Waals surface area contributed by atoms with Crippen molar-refractivity contribution in [3.63, 3.8) is 0 Å². The lowest BCUT2D eigenvalue weighted by Crippen LogP contribution is -2.36. The van der Waals surface area contributed by atoms with Crippen LogP contribution in [0.1, 0.15) is 63.1 Å². The van der Waals surface area contributed by atoms with Crippen LogP contribution < -0.4 is 0 Å². The summed E-state index contributed by atoms with van der Waals surface area (Å²) in [5, 5.41) is 0. The average molecular weight is 485 g/mol. The quantitative estimate of drug-likeness (QED) is 0.393. The van der Waals surface area contributed by atoms with Gasteiger partial charge in [0, 0.05) is 30.5 Å². The van der Waals surface area contributed by atoms with Crippen molar-refractivity contribution in [2.24, 2.45) is 11.8 Å². The average Bonchev–Trinajstić information content (AvgIpc) is 3.12. The molecule has 3 atom stereocenters. The summed E-state index contributed by atoms with van der Waals surface area (Å²) in [6.45, 7) is 13.7. The molecule has 0 aliphatic carbocycles. The molecular weight excluding hydrogens is 443 g/mol. The van der Waals surface area contributed by atoms with Gasteiger partial charge >= 0.3 is 6.09 Å². The van der Waals surface area contributed by atoms with Crippen molar-refractivity contribution < 1.29 is 18.7 Å². The van der Waals surface area contributed by atoms with Gasteiger partial charge in [-0.1, -0.05) is 19.1 Å². The number of benzene rings is 1. The van der Waals surface area contributed by atoms with E-state index in [4.69, 9.17) is 14.5 Å². The van der Waals surface area contributed by atoms with E-state index in [9.17, 15) is 9.18 Å². The molecule has 35 heavy (non-hydrogen) atoms. The number of ether oxygens (including phenoxy) is 2. The van der Waals surface area contributed by atoms with Crippen LogP contribution in [-0.4, -0.2) is 47.4 Å². The molecule has 0 bridgehead atoms. The summed E-state index contributed by atoms with van der Waals surface area (Å²) < 4.78 is 25.4. The minimum Gasteiger partial charge on any atom is -0.444 e. The summed E-state index contributed by atoms with van der Waals surface area (Å²) in [4.78, 5) is 19.2. The molecule has 2 heterocycles. The van der Waals surface area contributed by atoms with Gasteiger partial charge < -0.3 is 14.4 Å². The first-order valence-electron chi connectivity index (χ1n) is 12.8. The molecule has 1 aliphatic rings. The summed E-state index contributed by atoms with van der Waals surface area (Å²) in [5.41, 5.74) is 3.74. The number of amides is 1. The molecule has 192 valence electrons. The molecule has 0 saturated carbocycles. The van der Waals surface area contributed by atoms with Gasteiger partial charge in [0.1, 0.15) is 11.4 Å². The number of rotatable bonds is 9. The second kappa shape index (κ2) is 12.0. The molecule has 6 heteroatoms. The maximum Gasteiger partial charge on any atom is 0.410 e. The van der Waals surface area contributed by atoms with Crippen molar-refractivity contribution >= 4 is 6.09 Å². The lowest BCUT2D eigenvalue weighted by Gasteiger charge is -2.24. The van der Waals surface area contributed by atoms with Crippen LogP contribution in [0.5, 0.6) is 0 Å². The molecule has 1 aliphatic heterocycles. The van der Waals surface area contributed by atoms with Crippen LogP contribution in [0.4, 0.5) is 9.18 Å². The van der Waals surface area contributed by atoms with E-state index < -0.39 is 5.60 Å². The molecule has 1 fully saturated rings. The number of aryl methyl sites for hydroxylation is 2. The molecule has 1 unspecified atom stereocenters. The number of hydrogen-bond donors (Lipinski definition) is 0. The third-order valence-corrected chi connectivity index (χ3v) is 6.30. The molecule has 1 aromatic carbocycles. The largest absolute Gasteiger partial charge is 0.444 e. The standard InChI is InChI=1S/C29H41FN2O3/c1-20(14-23-10-7-11-25(30)16-23)9-8-12-34-27-19-32(28(33)35-29(4,5)6)18-24(27)17-26-15-21(2)13-22(3)31-26/h7,10-11,13,15-16,20,24,27H,8-9,12,14,17-19H2,1-6H3/t20?,24-,27+/m1/s1. The number of aromatic nitrogens is 1. The zero-order chi connectivity index (χ0) is 25.6. The second-order valence-electron chi connectivity index (χ2n) is 11.1. The van der Waals surface area contributed by atoms with E-state index in [1.807, 2.05) is 33.8 Å². The van der Waals surface area contributed by atoms with Gasteiger partial charge in [0.2, 0.25) is 0 Å². The van der Waals surface area contributed by atoms with Gasteiger partial charge in [-0.3, -0.25) is 4.98 Å². The van der Waals surface area contributed by atoms with Crippen LogP contribution in [-0.2, 0) is 22.3 Å². The zero-order valence-electron chi connectivity index (χ0n) is 22.1. The summed E-state index contributed by atoms with van der Waals surface area (Å²) in [7, 11) is 0. The van der Waals surface area contributed by atoms with Crippen molar-refractivity contribution in [2.45, 2.75) is 78.9 Å². The first kappa shape index (κ1) is 27.1. The minimum absolute atomic E-state index is 0.0522.